The summed E-state index contributed by atoms with van der Waals surface area (Å²) in [6.07, 6.45) is 3.04. The predicted octanol–water partition coefficient (Wildman–Crippen LogP) is 2.90. The molecule has 0 rings (SSSR count). The zero-order valence-electron chi connectivity index (χ0n) is 11.3. The van der Waals surface area contributed by atoms with Gasteiger partial charge in [-0.1, -0.05) is 41.0 Å². The number of hydrogen-bond acceptors (Lipinski definition) is 2. The first-order valence-corrected chi connectivity index (χ1v) is 6.24. The van der Waals surface area contributed by atoms with Crippen LogP contribution in [0.1, 0.15) is 53.9 Å². The molecule has 2 atom stereocenters. The van der Waals surface area contributed by atoms with E-state index in [1.165, 1.54) is 0 Å². The molecule has 0 aliphatic carbocycles. The number of hydrogen-bond donors (Lipinski definition) is 2. The van der Waals surface area contributed by atoms with E-state index < -0.39 is 12.0 Å². The Kier molecular flexibility index (Phi) is 6.65. The minimum atomic E-state index is -0.731. The van der Waals surface area contributed by atoms with Gasteiger partial charge in [0.2, 0.25) is 0 Å². The van der Waals surface area contributed by atoms with Gasteiger partial charge in [0.05, 0.1) is 0 Å². The Morgan fingerprint density at radius 3 is 2.31 bits per heavy atom. The lowest BCUT2D eigenvalue weighted by atomic mass is 9.90. The maximum Gasteiger partial charge on any atom is 0.320 e. The van der Waals surface area contributed by atoms with Gasteiger partial charge in [-0.05, 0) is 30.7 Å². The number of carbonyl (C=O) groups is 1. The van der Waals surface area contributed by atoms with Crippen molar-refractivity contribution in [3.8, 4) is 0 Å². The Bertz CT molecular complexity index is 208. The van der Waals surface area contributed by atoms with Crippen molar-refractivity contribution >= 4 is 5.97 Å². The van der Waals surface area contributed by atoms with Crippen molar-refractivity contribution in [1.29, 1.82) is 0 Å². The standard InChI is InChI=1S/C13H27NO2/c1-6-10(2)11(12(15)16)14-9-7-8-13(3,4)5/h10-11,14H,6-9H2,1-5H3,(H,15,16)/t10-,11-/m0/s1. The van der Waals surface area contributed by atoms with E-state index in [2.05, 4.69) is 26.1 Å². The van der Waals surface area contributed by atoms with Crippen LogP contribution in [0.4, 0.5) is 0 Å². The molecule has 0 aromatic carbocycles. The molecular weight excluding hydrogens is 202 g/mol. The van der Waals surface area contributed by atoms with Crippen LogP contribution in [0.3, 0.4) is 0 Å². The number of aliphatic carboxylic acids is 1. The molecular formula is C13H27NO2. The fourth-order valence-corrected chi connectivity index (χ4v) is 1.64. The van der Waals surface area contributed by atoms with Crippen LogP contribution in [-0.4, -0.2) is 23.7 Å². The van der Waals surface area contributed by atoms with Crippen LogP contribution in [0.25, 0.3) is 0 Å². The van der Waals surface area contributed by atoms with Crippen molar-refractivity contribution < 1.29 is 9.90 Å². The molecule has 3 nitrogen and oxygen atoms in total. The molecule has 2 N–H and O–H groups in total. The minimum Gasteiger partial charge on any atom is -0.480 e. The second-order valence-electron chi connectivity index (χ2n) is 5.82. The highest BCUT2D eigenvalue weighted by Gasteiger charge is 2.22. The third-order valence-electron chi connectivity index (χ3n) is 2.95. The maximum absolute atomic E-state index is 11.0. The van der Waals surface area contributed by atoms with Gasteiger partial charge >= 0.3 is 5.97 Å². The van der Waals surface area contributed by atoms with E-state index in [1.807, 2.05) is 13.8 Å². The lowest BCUT2D eigenvalue weighted by molar-refractivity contribution is -0.140. The second kappa shape index (κ2) is 6.89. The van der Waals surface area contributed by atoms with Gasteiger partial charge in [-0.3, -0.25) is 4.79 Å². The largest absolute Gasteiger partial charge is 0.480 e. The Morgan fingerprint density at radius 2 is 1.94 bits per heavy atom. The SMILES string of the molecule is CC[C@H](C)[C@H](NCCCC(C)(C)C)C(=O)O. The number of rotatable bonds is 7. The molecule has 0 unspecified atom stereocenters. The highest BCUT2D eigenvalue weighted by atomic mass is 16.4. The van der Waals surface area contributed by atoms with Gasteiger partial charge < -0.3 is 10.4 Å². The van der Waals surface area contributed by atoms with Gasteiger partial charge in [0.25, 0.3) is 0 Å². The molecule has 0 saturated heterocycles. The molecule has 0 aromatic rings. The highest BCUT2D eigenvalue weighted by Crippen LogP contribution is 2.20. The summed E-state index contributed by atoms with van der Waals surface area (Å²) in [5.41, 5.74) is 0.330. The first kappa shape index (κ1) is 15.4. The fourth-order valence-electron chi connectivity index (χ4n) is 1.64. The van der Waals surface area contributed by atoms with Crippen LogP contribution in [-0.2, 0) is 4.79 Å². The van der Waals surface area contributed by atoms with Crippen molar-refractivity contribution in [2.24, 2.45) is 11.3 Å². The highest BCUT2D eigenvalue weighted by molar-refractivity contribution is 5.73. The van der Waals surface area contributed by atoms with Gasteiger partial charge in [-0.15, -0.1) is 0 Å². The summed E-state index contributed by atoms with van der Waals surface area (Å²) in [5, 5.41) is 12.2. The summed E-state index contributed by atoms with van der Waals surface area (Å²) < 4.78 is 0. The van der Waals surface area contributed by atoms with Crippen molar-refractivity contribution in [2.75, 3.05) is 6.54 Å². The van der Waals surface area contributed by atoms with Crippen molar-refractivity contribution in [3.63, 3.8) is 0 Å². The van der Waals surface area contributed by atoms with E-state index in [0.717, 1.165) is 25.8 Å². The van der Waals surface area contributed by atoms with Gasteiger partial charge in [-0.25, -0.2) is 0 Å². The van der Waals surface area contributed by atoms with Crippen LogP contribution < -0.4 is 5.32 Å². The van der Waals surface area contributed by atoms with E-state index >= 15 is 0 Å². The molecule has 0 aromatic heterocycles. The number of nitrogens with one attached hydrogen (secondary N) is 1. The summed E-state index contributed by atoms with van der Waals surface area (Å²) in [4.78, 5) is 11.0. The molecule has 16 heavy (non-hydrogen) atoms. The Morgan fingerprint density at radius 1 is 1.38 bits per heavy atom. The zero-order valence-corrected chi connectivity index (χ0v) is 11.3. The van der Waals surface area contributed by atoms with Gasteiger partial charge in [-0.2, -0.15) is 0 Å². The summed E-state index contributed by atoms with van der Waals surface area (Å²) in [7, 11) is 0. The fraction of sp³-hybridized carbons (Fsp3) is 0.923. The number of carboxylic acid groups (broad SMARTS) is 1. The minimum absolute atomic E-state index is 0.187. The molecule has 0 amide bonds. The molecule has 0 aliphatic heterocycles. The summed E-state index contributed by atoms with van der Waals surface area (Å²) in [6, 6.07) is -0.398. The third kappa shape index (κ3) is 6.83. The smallest absolute Gasteiger partial charge is 0.320 e. The summed E-state index contributed by atoms with van der Waals surface area (Å²) in [5.74, 6) is -0.544. The quantitative estimate of drug-likeness (QED) is 0.660. The van der Waals surface area contributed by atoms with E-state index in [0.29, 0.717) is 5.41 Å². The van der Waals surface area contributed by atoms with Crippen LogP contribution >= 0.6 is 0 Å². The maximum atomic E-state index is 11.0. The lowest BCUT2D eigenvalue weighted by Gasteiger charge is -2.22. The van der Waals surface area contributed by atoms with E-state index in [-0.39, 0.29) is 5.92 Å². The third-order valence-corrected chi connectivity index (χ3v) is 2.95. The lowest BCUT2D eigenvalue weighted by Crippen LogP contribution is -2.42. The molecule has 0 radical (unpaired) electrons. The van der Waals surface area contributed by atoms with Gasteiger partial charge in [0, 0.05) is 0 Å². The van der Waals surface area contributed by atoms with Crippen LogP contribution in [0.5, 0.6) is 0 Å². The second-order valence-corrected chi connectivity index (χ2v) is 5.82. The van der Waals surface area contributed by atoms with Crippen molar-refractivity contribution in [2.45, 2.75) is 59.9 Å². The molecule has 0 fully saturated rings. The predicted molar refractivity (Wildman–Crippen MR) is 67.6 cm³/mol. The van der Waals surface area contributed by atoms with E-state index in [9.17, 15) is 4.79 Å². The monoisotopic (exact) mass is 229 g/mol. The molecule has 0 heterocycles. The molecule has 0 bridgehead atoms. The Labute approximate surface area is 99.6 Å². The first-order chi connectivity index (χ1) is 7.28. The van der Waals surface area contributed by atoms with E-state index in [4.69, 9.17) is 5.11 Å². The number of carboxylic acids is 1. The average Bonchev–Trinajstić information content (AvgIpc) is 2.14. The average molecular weight is 229 g/mol. The van der Waals surface area contributed by atoms with Crippen LogP contribution in [0, 0.1) is 11.3 Å². The molecule has 3 heteroatoms. The van der Waals surface area contributed by atoms with E-state index in [1.54, 1.807) is 0 Å². The summed E-state index contributed by atoms with van der Waals surface area (Å²) >= 11 is 0. The zero-order chi connectivity index (χ0) is 12.8. The molecule has 0 aliphatic rings. The summed E-state index contributed by atoms with van der Waals surface area (Å²) in [6.45, 7) is 11.4. The van der Waals surface area contributed by atoms with Crippen LogP contribution in [0.2, 0.25) is 0 Å². The first-order valence-electron chi connectivity index (χ1n) is 6.24. The Balaban J connectivity index is 3.91. The van der Waals surface area contributed by atoms with Crippen molar-refractivity contribution in [3.05, 3.63) is 0 Å². The van der Waals surface area contributed by atoms with Crippen molar-refractivity contribution in [1.82, 2.24) is 5.32 Å². The molecule has 0 saturated carbocycles. The molecule has 96 valence electrons. The van der Waals surface area contributed by atoms with Gasteiger partial charge in [0.1, 0.15) is 6.04 Å². The molecule has 0 spiro atoms. The van der Waals surface area contributed by atoms with Crippen LogP contribution in [0.15, 0.2) is 0 Å². The Hall–Kier alpha value is -0.570. The topological polar surface area (TPSA) is 49.3 Å². The normalized spacial score (nSPS) is 15.8. The van der Waals surface area contributed by atoms with Gasteiger partial charge in [0.15, 0.2) is 0 Å².